The molecule has 2 fully saturated rings. The first-order chi connectivity index (χ1) is 16.1. The number of nitrogens with one attached hydrogen (secondary N) is 2. The van der Waals surface area contributed by atoms with E-state index in [0.717, 1.165) is 74.6 Å². The van der Waals surface area contributed by atoms with Crippen molar-refractivity contribution in [1.82, 2.24) is 24.8 Å². The van der Waals surface area contributed by atoms with Gasteiger partial charge in [0.05, 0.1) is 22.7 Å². The van der Waals surface area contributed by atoms with Gasteiger partial charge in [0.15, 0.2) is 0 Å². The minimum atomic E-state index is -0.250. The number of fused-ring (bicyclic) bond motifs is 1. The highest BCUT2D eigenvalue weighted by molar-refractivity contribution is 5.85. The van der Waals surface area contributed by atoms with E-state index in [1.165, 1.54) is 11.3 Å². The summed E-state index contributed by atoms with van der Waals surface area (Å²) in [6.07, 6.45) is 6.13. The summed E-state index contributed by atoms with van der Waals surface area (Å²) in [6.45, 7) is 7.77. The fraction of sp³-hybridized carbons (Fsp3) is 0.478. The predicted octanol–water partition coefficient (Wildman–Crippen LogP) is 2.37. The summed E-state index contributed by atoms with van der Waals surface area (Å²) in [5, 5.41) is 10.1. The maximum absolute atomic E-state index is 8.36. The van der Waals surface area contributed by atoms with Crippen LogP contribution in [-0.4, -0.2) is 88.9 Å². The summed E-state index contributed by atoms with van der Waals surface area (Å²) in [7, 11) is 2.18. The number of aromatic amines is 1. The topological polar surface area (TPSA) is 120 Å². The highest BCUT2D eigenvalue weighted by Gasteiger charge is 2.18. The molecule has 1 unspecified atom stereocenters. The number of anilines is 2. The summed E-state index contributed by atoms with van der Waals surface area (Å²) >= 11 is 0. The van der Waals surface area contributed by atoms with Crippen molar-refractivity contribution in [3.8, 4) is 11.4 Å². The van der Waals surface area contributed by atoms with Crippen LogP contribution in [0.1, 0.15) is 18.4 Å². The number of aromatic nitrogens is 4. The lowest BCUT2D eigenvalue weighted by Gasteiger charge is -2.34. The van der Waals surface area contributed by atoms with Crippen molar-refractivity contribution in [3.05, 3.63) is 30.1 Å². The van der Waals surface area contributed by atoms with Gasteiger partial charge in [0.2, 0.25) is 5.95 Å². The quantitative estimate of drug-likeness (QED) is 0.500. The second-order valence-electron chi connectivity index (χ2n) is 8.45. The van der Waals surface area contributed by atoms with Gasteiger partial charge >= 0.3 is 0 Å². The number of hydrogen-bond donors (Lipinski definition) is 3. The van der Waals surface area contributed by atoms with Crippen LogP contribution >= 0.6 is 0 Å². The summed E-state index contributed by atoms with van der Waals surface area (Å²) in [4.78, 5) is 30.4. The SMILES string of the molecule is Cc1cc(N2CCN(C)CC2)cc2[nH]c(-c3cnc(NCC4CCCO4)nc3)nc12.O=CO. The van der Waals surface area contributed by atoms with Gasteiger partial charge in [-0.05, 0) is 44.5 Å². The van der Waals surface area contributed by atoms with Gasteiger partial charge in [0.1, 0.15) is 5.82 Å². The number of likely N-dealkylation sites (N-methyl/N-ethyl adjacent to an activating group) is 1. The number of ether oxygens (including phenoxy) is 1. The van der Waals surface area contributed by atoms with Crippen molar-refractivity contribution < 1.29 is 14.6 Å². The number of nitrogens with zero attached hydrogens (tertiary/aromatic N) is 5. The van der Waals surface area contributed by atoms with Crippen molar-refractivity contribution in [2.45, 2.75) is 25.9 Å². The molecule has 4 heterocycles. The third-order valence-electron chi connectivity index (χ3n) is 6.07. The molecule has 1 atom stereocenters. The van der Waals surface area contributed by atoms with Crippen LogP contribution in [0.15, 0.2) is 24.5 Å². The Hall–Kier alpha value is -3.24. The molecule has 0 saturated carbocycles. The molecule has 2 aromatic heterocycles. The van der Waals surface area contributed by atoms with Crippen LogP contribution in [0.2, 0.25) is 0 Å². The Balaban J connectivity index is 0.000000821. The number of carboxylic acid groups (broad SMARTS) is 1. The molecular formula is C23H31N7O3. The number of benzene rings is 1. The standard InChI is InChI=1S/C22H29N7O.CH2O2/c1-15-10-17(29-7-5-28(2)6-8-29)11-19-20(15)27-21(26-19)16-12-23-22(24-13-16)25-14-18-4-3-9-30-18;2-1-3/h10-13,18H,3-9,14H2,1-2H3,(H,26,27)(H,23,24,25);1H,(H,2,3). The molecular weight excluding hydrogens is 422 g/mol. The lowest BCUT2D eigenvalue weighted by atomic mass is 10.1. The first-order valence-electron chi connectivity index (χ1n) is 11.3. The molecule has 0 bridgehead atoms. The van der Waals surface area contributed by atoms with Crippen LogP contribution in [0.4, 0.5) is 11.6 Å². The fourth-order valence-electron chi connectivity index (χ4n) is 4.21. The number of piperazine rings is 1. The summed E-state index contributed by atoms with van der Waals surface area (Å²) in [6, 6.07) is 4.45. The van der Waals surface area contributed by atoms with E-state index in [4.69, 9.17) is 19.6 Å². The molecule has 33 heavy (non-hydrogen) atoms. The summed E-state index contributed by atoms with van der Waals surface area (Å²) < 4.78 is 5.63. The number of imidazole rings is 1. The molecule has 2 saturated heterocycles. The Morgan fingerprint density at radius 3 is 2.64 bits per heavy atom. The molecule has 0 spiro atoms. The molecule has 0 amide bonds. The fourth-order valence-corrected chi connectivity index (χ4v) is 4.21. The molecule has 0 aliphatic carbocycles. The van der Waals surface area contributed by atoms with Crippen LogP contribution in [0.25, 0.3) is 22.4 Å². The van der Waals surface area contributed by atoms with Crippen molar-refractivity contribution in [3.63, 3.8) is 0 Å². The normalized spacial score (nSPS) is 18.7. The van der Waals surface area contributed by atoms with Crippen molar-refractivity contribution >= 4 is 29.1 Å². The second-order valence-corrected chi connectivity index (χ2v) is 8.45. The molecule has 10 heteroatoms. The zero-order chi connectivity index (χ0) is 23.2. The maximum atomic E-state index is 8.36. The van der Waals surface area contributed by atoms with E-state index in [1.54, 1.807) is 0 Å². The Morgan fingerprint density at radius 1 is 1.24 bits per heavy atom. The van der Waals surface area contributed by atoms with E-state index in [9.17, 15) is 0 Å². The van der Waals surface area contributed by atoms with E-state index in [1.807, 2.05) is 12.4 Å². The largest absolute Gasteiger partial charge is 0.483 e. The van der Waals surface area contributed by atoms with Gasteiger partial charge < -0.3 is 29.9 Å². The van der Waals surface area contributed by atoms with Gasteiger partial charge in [0.25, 0.3) is 6.47 Å². The Labute approximate surface area is 193 Å². The van der Waals surface area contributed by atoms with Crippen LogP contribution in [0.3, 0.4) is 0 Å². The van der Waals surface area contributed by atoms with E-state index in [-0.39, 0.29) is 12.6 Å². The van der Waals surface area contributed by atoms with Crippen LogP contribution in [0.5, 0.6) is 0 Å². The Morgan fingerprint density at radius 2 is 1.97 bits per heavy atom. The number of carbonyl (C=O) groups is 1. The summed E-state index contributed by atoms with van der Waals surface area (Å²) in [5.41, 5.74) is 5.38. The van der Waals surface area contributed by atoms with Gasteiger partial charge in [-0.15, -0.1) is 0 Å². The van der Waals surface area contributed by atoms with Crippen LogP contribution in [-0.2, 0) is 9.53 Å². The highest BCUT2D eigenvalue weighted by atomic mass is 16.5. The lowest BCUT2D eigenvalue weighted by Crippen LogP contribution is -2.44. The van der Waals surface area contributed by atoms with E-state index >= 15 is 0 Å². The smallest absolute Gasteiger partial charge is 0.290 e. The average molecular weight is 454 g/mol. The monoisotopic (exact) mass is 453 g/mol. The third-order valence-corrected chi connectivity index (χ3v) is 6.07. The van der Waals surface area contributed by atoms with Gasteiger partial charge in [-0.3, -0.25) is 4.79 Å². The molecule has 3 aromatic rings. The third kappa shape index (κ3) is 5.58. The molecule has 176 valence electrons. The van der Waals surface area contributed by atoms with Crippen LogP contribution in [0, 0.1) is 6.92 Å². The van der Waals surface area contributed by atoms with Gasteiger partial charge in [-0.2, -0.15) is 0 Å². The number of H-pyrrole nitrogens is 1. The molecule has 5 rings (SSSR count). The maximum Gasteiger partial charge on any atom is 0.290 e. The van der Waals surface area contributed by atoms with Crippen molar-refractivity contribution in [2.24, 2.45) is 0 Å². The van der Waals surface area contributed by atoms with E-state index in [2.05, 4.69) is 56.2 Å². The van der Waals surface area contributed by atoms with Gasteiger partial charge in [0, 0.05) is 57.4 Å². The van der Waals surface area contributed by atoms with Crippen molar-refractivity contribution in [2.75, 3.05) is 56.6 Å². The minimum Gasteiger partial charge on any atom is -0.483 e. The number of hydrogen-bond acceptors (Lipinski definition) is 8. The molecule has 2 aliphatic rings. The lowest BCUT2D eigenvalue weighted by molar-refractivity contribution is -0.122. The molecule has 3 N–H and O–H groups in total. The second kappa shape index (κ2) is 10.6. The summed E-state index contributed by atoms with van der Waals surface area (Å²) in [5.74, 6) is 1.42. The van der Waals surface area contributed by atoms with Gasteiger partial charge in [-0.1, -0.05) is 0 Å². The van der Waals surface area contributed by atoms with E-state index in [0.29, 0.717) is 5.95 Å². The zero-order valence-electron chi connectivity index (χ0n) is 19.1. The molecule has 10 nitrogen and oxygen atoms in total. The Kier molecular flexibility index (Phi) is 7.36. The molecule has 1 aromatic carbocycles. The highest BCUT2D eigenvalue weighted by Crippen LogP contribution is 2.28. The van der Waals surface area contributed by atoms with Crippen LogP contribution < -0.4 is 10.2 Å². The average Bonchev–Trinajstić information content (AvgIpc) is 3.49. The first kappa shape index (κ1) is 22.9. The Bertz CT molecular complexity index is 1060. The van der Waals surface area contributed by atoms with Crippen molar-refractivity contribution in [1.29, 1.82) is 0 Å². The minimum absolute atomic E-state index is 0.250. The molecule has 0 radical (unpaired) electrons. The number of rotatable bonds is 5. The van der Waals surface area contributed by atoms with Gasteiger partial charge in [-0.25, -0.2) is 15.0 Å². The predicted molar refractivity (Wildman–Crippen MR) is 128 cm³/mol. The first-order valence-corrected chi connectivity index (χ1v) is 11.3. The molecule has 2 aliphatic heterocycles. The zero-order valence-corrected chi connectivity index (χ0v) is 19.1. The van der Waals surface area contributed by atoms with E-state index < -0.39 is 0 Å². The number of aryl methyl sites for hydroxylation is 1.